The predicted octanol–water partition coefficient (Wildman–Crippen LogP) is 3.98. The Hall–Kier alpha value is -1.03. The van der Waals surface area contributed by atoms with E-state index in [2.05, 4.69) is 42.0 Å². The second-order valence-corrected chi connectivity index (χ2v) is 8.23. The third kappa shape index (κ3) is 2.10. The maximum Gasteiger partial charge on any atom is 0.251 e. The Bertz CT molecular complexity index is 598. The molecule has 0 spiro atoms. The number of anilines is 1. The Kier molecular flexibility index (Phi) is 3.36. The summed E-state index contributed by atoms with van der Waals surface area (Å²) in [7, 11) is 0. The molecule has 114 valence electrons. The number of halogens is 1. The van der Waals surface area contributed by atoms with E-state index in [-0.39, 0.29) is 17.4 Å². The first-order chi connectivity index (χ1) is 9.75. The van der Waals surface area contributed by atoms with Crippen LogP contribution in [0.15, 0.2) is 22.7 Å². The van der Waals surface area contributed by atoms with E-state index >= 15 is 0 Å². The number of rotatable bonds is 2. The summed E-state index contributed by atoms with van der Waals surface area (Å²) < 4.78 is 0.826. The van der Waals surface area contributed by atoms with Gasteiger partial charge in [0.1, 0.15) is 0 Å². The van der Waals surface area contributed by atoms with Gasteiger partial charge in [0.2, 0.25) is 0 Å². The van der Waals surface area contributed by atoms with Crippen LogP contribution in [-0.4, -0.2) is 11.9 Å². The van der Waals surface area contributed by atoms with Crippen LogP contribution in [-0.2, 0) is 0 Å². The van der Waals surface area contributed by atoms with Gasteiger partial charge in [-0.05, 0) is 70.1 Å². The van der Waals surface area contributed by atoms with Gasteiger partial charge in [-0.25, -0.2) is 0 Å². The molecule has 2 aliphatic carbocycles. The molecule has 3 atom stereocenters. The van der Waals surface area contributed by atoms with Crippen LogP contribution in [0.1, 0.15) is 50.4 Å². The van der Waals surface area contributed by atoms with Gasteiger partial charge in [0.05, 0.1) is 0 Å². The minimum atomic E-state index is -0.0104. The van der Waals surface area contributed by atoms with Crippen molar-refractivity contribution in [2.75, 3.05) is 5.73 Å². The number of nitrogen functional groups attached to an aromatic ring is 1. The fourth-order valence-electron chi connectivity index (χ4n) is 4.35. The topological polar surface area (TPSA) is 55.1 Å². The Labute approximate surface area is 134 Å². The molecule has 3 nitrogen and oxygen atoms in total. The molecule has 2 saturated carbocycles. The largest absolute Gasteiger partial charge is 0.398 e. The molecule has 0 heterocycles. The zero-order valence-electron chi connectivity index (χ0n) is 12.9. The summed E-state index contributed by atoms with van der Waals surface area (Å²) in [6, 6.07) is 5.65. The highest BCUT2D eigenvalue weighted by Gasteiger charge is 2.61. The Morgan fingerprint density at radius 3 is 2.62 bits per heavy atom. The lowest BCUT2D eigenvalue weighted by Gasteiger charge is -2.39. The van der Waals surface area contributed by atoms with Crippen molar-refractivity contribution < 1.29 is 4.79 Å². The molecular weight excluding hydrogens is 328 g/mol. The minimum Gasteiger partial charge on any atom is -0.398 e. The van der Waals surface area contributed by atoms with Gasteiger partial charge in [0, 0.05) is 21.8 Å². The lowest BCUT2D eigenvalue weighted by molar-refractivity contribution is 0.0826. The van der Waals surface area contributed by atoms with E-state index in [0.29, 0.717) is 16.7 Å². The van der Waals surface area contributed by atoms with Crippen LogP contribution < -0.4 is 11.1 Å². The van der Waals surface area contributed by atoms with Crippen LogP contribution in [0.2, 0.25) is 0 Å². The number of nitrogens with one attached hydrogen (secondary N) is 1. The van der Waals surface area contributed by atoms with Crippen molar-refractivity contribution in [2.24, 2.45) is 16.7 Å². The van der Waals surface area contributed by atoms with Crippen LogP contribution in [0.4, 0.5) is 5.69 Å². The van der Waals surface area contributed by atoms with E-state index in [1.807, 2.05) is 12.1 Å². The SMILES string of the molecule is CC1(C)C2CCC1(C)C(NC(=O)c1ccc(Br)c(N)c1)C2. The van der Waals surface area contributed by atoms with Crippen molar-refractivity contribution in [2.45, 2.75) is 46.1 Å². The van der Waals surface area contributed by atoms with Gasteiger partial charge in [0.25, 0.3) is 5.91 Å². The molecule has 2 fully saturated rings. The van der Waals surface area contributed by atoms with E-state index in [9.17, 15) is 4.79 Å². The molecular formula is C17H23BrN2O. The lowest BCUT2D eigenvalue weighted by atomic mass is 9.69. The number of carbonyl (C=O) groups is 1. The molecule has 3 unspecified atom stereocenters. The number of nitrogens with two attached hydrogens (primary N) is 1. The van der Waals surface area contributed by atoms with Crippen LogP contribution in [0, 0.1) is 16.7 Å². The van der Waals surface area contributed by atoms with Gasteiger partial charge in [-0.1, -0.05) is 20.8 Å². The second-order valence-electron chi connectivity index (χ2n) is 7.37. The maximum atomic E-state index is 12.5. The average molecular weight is 351 g/mol. The first-order valence-corrected chi connectivity index (χ1v) is 8.41. The molecule has 21 heavy (non-hydrogen) atoms. The molecule has 2 bridgehead atoms. The number of amides is 1. The standard InChI is InChI=1S/C17H23BrN2O/c1-16(2)11-6-7-17(16,3)14(9-11)20-15(21)10-4-5-12(18)13(19)8-10/h4-5,8,11,14H,6-7,9,19H2,1-3H3,(H,20,21). The fraction of sp³-hybridized carbons (Fsp3) is 0.588. The summed E-state index contributed by atoms with van der Waals surface area (Å²) in [5.74, 6) is 0.714. The van der Waals surface area contributed by atoms with Crippen molar-refractivity contribution >= 4 is 27.5 Å². The summed E-state index contributed by atoms with van der Waals surface area (Å²) >= 11 is 3.36. The Balaban J connectivity index is 1.79. The number of benzene rings is 1. The van der Waals surface area contributed by atoms with Crippen molar-refractivity contribution in [3.05, 3.63) is 28.2 Å². The van der Waals surface area contributed by atoms with E-state index in [4.69, 9.17) is 5.73 Å². The van der Waals surface area contributed by atoms with Crippen molar-refractivity contribution in [1.29, 1.82) is 0 Å². The lowest BCUT2D eigenvalue weighted by Crippen LogP contribution is -2.46. The highest BCUT2D eigenvalue weighted by molar-refractivity contribution is 9.10. The number of hydrogen-bond acceptors (Lipinski definition) is 2. The zero-order valence-corrected chi connectivity index (χ0v) is 14.5. The molecule has 1 amide bonds. The van der Waals surface area contributed by atoms with Crippen LogP contribution in [0.25, 0.3) is 0 Å². The third-order valence-electron chi connectivity index (χ3n) is 6.36. The summed E-state index contributed by atoms with van der Waals surface area (Å²) in [5, 5.41) is 3.26. The average Bonchev–Trinajstić information content (AvgIpc) is 2.75. The molecule has 4 heteroatoms. The quantitative estimate of drug-likeness (QED) is 0.792. The summed E-state index contributed by atoms with van der Waals surface area (Å²) in [6.07, 6.45) is 3.60. The highest BCUT2D eigenvalue weighted by atomic mass is 79.9. The predicted molar refractivity (Wildman–Crippen MR) is 89.0 cm³/mol. The number of carbonyl (C=O) groups excluding carboxylic acids is 1. The minimum absolute atomic E-state index is 0.0104. The van der Waals surface area contributed by atoms with Gasteiger partial charge in [-0.3, -0.25) is 4.79 Å². The Morgan fingerprint density at radius 1 is 1.38 bits per heavy atom. The summed E-state index contributed by atoms with van der Waals surface area (Å²) in [4.78, 5) is 12.5. The highest BCUT2D eigenvalue weighted by Crippen LogP contribution is 2.65. The summed E-state index contributed by atoms with van der Waals surface area (Å²) in [6.45, 7) is 7.05. The maximum absolute atomic E-state index is 12.5. The molecule has 3 N–H and O–H groups in total. The molecule has 0 saturated heterocycles. The first-order valence-electron chi connectivity index (χ1n) is 7.61. The van der Waals surface area contributed by atoms with Gasteiger partial charge in [0.15, 0.2) is 0 Å². The molecule has 3 rings (SSSR count). The molecule has 0 aliphatic heterocycles. The summed E-state index contributed by atoms with van der Waals surface area (Å²) in [5.41, 5.74) is 7.62. The van der Waals surface area contributed by atoms with Crippen LogP contribution >= 0.6 is 15.9 Å². The van der Waals surface area contributed by atoms with E-state index in [1.165, 1.54) is 12.8 Å². The van der Waals surface area contributed by atoms with Gasteiger partial charge < -0.3 is 11.1 Å². The number of fused-ring (bicyclic) bond motifs is 2. The third-order valence-corrected chi connectivity index (χ3v) is 7.08. The fourth-order valence-corrected chi connectivity index (χ4v) is 4.60. The first kappa shape index (κ1) is 14.9. The smallest absolute Gasteiger partial charge is 0.251 e. The molecule has 0 aromatic heterocycles. The van der Waals surface area contributed by atoms with Crippen LogP contribution in [0.5, 0.6) is 0 Å². The number of hydrogen-bond donors (Lipinski definition) is 2. The van der Waals surface area contributed by atoms with Crippen molar-refractivity contribution in [1.82, 2.24) is 5.32 Å². The van der Waals surface area contributed by atoms with Crippen LogP contribution in [0.3, 0.4) is 0 Å². The molecule has 1 aromatic rings. The van der Waals surface area contributed by atoms with Crippen molar-refractivity contribution in [3.8, 4) is 0 Å². The van der Waals surface area contributed by atoms with E-state index < -0.39 is 0 Å². The zero-order chi connectivity index (χ0) is 15.4. The van der Waals surface area contributed by atoms with Crippen molar-refractivity contribution in [3.63, 3.8) is 0 Å². The molecule has 1 aromatic carbocycles. The molecule has 2 aliphatic rings. The van der Waals surface area contributed by atoms with E-state index in [1.54, 1.807) is 6.07 Å². The van der Waals surface area contributed by atoms with Gasteiger partial charge in [-0.2, -0.15) is 0 Å². The normalized spacial score (nSPS) is 33.1. The Morgan fingerprint density at radius 2 is 2.10 bits per heavy atom. The van der Waals surface area contributed by atoms with Gasteiger partial charge in [-0.15, -0.1) is 0 Å². The van der Waals surface area contributed by atoms with E-state index in [0.717, 1.165) is 16.8 Å². The van der Waals surface area contributed by atoms with Gasteiger partial charge >= 0.3 is 0 Å². The molecule has 0 radical (unpaired) electrons. The monoisotopic (exact) mass is 350 g/mol. The second kappa shape index (κ2) is 4.73.